The Morgan fingerprint density at radius 2 is 2.21 bits per heavy atom. The van der Waals surface area contributed by atoms with Crippen molar-refractivity contribution in [3.8, 4) is 18.1 Å². The predicted octanol–water partition coefficient (Wildman–Crippen LogP) is 2.04. The molecule has 0 spiro atoms. The molecule has 9 nitrogen and oxygen atoms in total. The van der Waals surface area contributed by atoms with Crippen molar-refractivity contribution in [3.05, 3.63) is 74.6 Å². The summed E-state index contributed by atoms with van der Waals surface area (Å²) in [7, 11) is -3.90. The molecule has 2 aliphatic rings. The van der Waals surface area contributed by atoms with Gasteiger partial charge in [-0.1, -0.05) is 24.1 Å². The molecule has 4 rings (SSSR count). The summed E-state index contributed by atoms with van der Waals surface area (Å²) in [5.74, 6) is 2.86. The van der Waals surface area contributed by atoms with E-state index in [0.29, 0.717) is 11.3 Å². The number of phosphoric acid groups is 1. The zero-order chi connectivity index (χ0) is 20.6. The highest BCUT2D eigenvalue weighted by Gasteiger charge is 2.41. The van der Waals surface area contributed by atoms with E-state index in [2.05, 4.69) is 10.9 Å². The van der Waals surface area contributed by atoms with Crippen LogP contribution >= 0.6 is 7.82 Å². The number of fused-ring (bicyclic) bond motifs is 1. The minimum atomic E-state index is -3.90. The predicted molar refractivity (Wildman–Crippen MR) is 102 cm³/mol. The van der Waals surface area contributed by atoms with E-state index in [0.717, 1.165) is 5.56 Å². The van der Waals surface area contributed by atoms with Gasteiger partial charge in [0.25, 0.3) is 5.56 Å². The number of H-pyrrole nitrogens is 1. The molecule has 0 aliphatic carbocycles. The summed E-state index contributed by atoms with van der Waals surface area (Å²) in [5, 5.41) is 0. The van der Waals surface area contributed by atoms with Crippen LogP contribution in [-0.2, 0) is 25.0 Å². The Balaban J connectivity index is 1.49. The number of terminal acetylenes is 1. The van der Waals surface area contributed by atoms with Crippen LogP contribution < -0.4 is 15.8 Å². The van der Waals surface area contributed by atoms with Crippen molar-refractivity contribution in [2.45, 2.75) is 25.4 Å². The Bertz CT molecular complexity index is 1190. The fraction of sp³-hybridized carbons (Fsp3) is 0.263. The second-order valence-corrected chi connectivity index (χ2v) is 8.17. The number of aromatic nitrogens is 2. The molecular formula is C19H17N2O7P. The summed E-state index contributed by atoms with van der Waals surface area (Å²) in [6.07, 6.45) is 9.19. The molecule has 0 saturated carbocycles. The molecule has 3 atom stereocenters. The maximum atomic E-state index is 12.8. The van der Waals surface area contributed by atoms with Gasteiger partial charge in [0.15, 0.2) is 11.8 Å². The molecule has 0 unspecified atom stereocenters. The molecule has 0 fully saturated rings. The summed E-state index contributed by atoms with van der Waals surface area (Å²) in [6, 6.07) is 7.01. The van der Waals surface area contributed by atoms with Crippen molar-refractivity contribution in [3.63, 3.8) is 0 Å². The first-order valence-electron chi connectivity index (χ1n) is 8.67. The number of nitrogens with zero attached hydrogens (tertiary/aromatic N) is 1. The Kier molecular flexibility index (Phi) is 4.81. The molecule has 0 amide bonds. The number of aromatic amines is 1. The van der Waals surface area contributed by atoms with E-state index < -0.39 is 30.9 Å². The number of phosphoric ester groups is 1. The van der Waals surface area contributed by atoms with E-state index in [1.165, 1.54) is 16.8 Å². The van der Waals surface area contributed by atoms with Gasteiger partial charge in [-0.05, 0) is 25.1 Å². The van der Waals surface area contributed by atoms with E-state index >= 15 is 0 Å². The minimum Gasteiger partial charge on any atom is -0.404 e. The zero-order valence-electron chi connectivity index (χ0n) is 15.4. The molecule has 3 heterocycles. The van der Waals surface area contributed by atoms with Crippen molar-refractivity contribution < 1.29 is 22.9 Å². The molecule has 0 radical (unpaired) electrons. The Morgan fingerprint density at radius 1 is 1.41 bits per heavy atom. The van der Waals surface area contributed by atoms with Crippen molar-refractivity contribution in [1.82, 2.24) is 9.55 Å². The quantitative estimate of drug-likeness (QED) is 0.462. The Morgan fingerprint density at radius 3 is 3.00 bits per heavy atom. The molecule has 0 saturated heterocycles. The molecule has 0 bridgehead atoms. The van der Waals surface area contributed by atoms with Gasteiger partial charge < -0.3 is 9.26 Å². The van der Waals surface area contributed by atoms with E-state index in [-0.39, 0.29) is 13.2 Å². The summed E-state index contributed by atoms with van der Waals surface area (Å²) in [6.45, 7) is 1.31. The van der Waals surface area contributed by atoms with Gasteiger partial charge in [-0.2, -0.15) is 0 Å². The maximum Gasteiger partial charge on any atom is 0.530 e. The lowest BCUT2D eigenvalue weighted by Gasteiger charge is -2.28. The smallest absolute Gasteiger partial charge is 0.404 e. The summed E-state index contributed by atoms with van der Waals surface area (Å²) < 4.78 is 35.9. The van der Waals surface area contributed by atoms with Gasteiger partial charge in [0, 0.05) is 17.3 Å². The van der Waals surface area contributed by atoms with Gasteiger partial charge >= 0.3 is 13.5 Å². The summed E-state index contributed by atoms with van der Waals surface area (Å²) >= 11 is 0. The molecule has 10 heteroatoms. The Hall–Kier alpha value is -2.89. The molecule has 2 aromatic rings. The van der Waals surface area contributed by atoms with Gasteiger partial charge in [0.1, 0.15) is 12.4 Å². The van der Waals surface area contributed by atoms with Crippen molar-refractivity contribution in [1.29, 1.82) is 0 Å². The van der Waals surface area contributed by atoms with Crippen LogP contribution in [0.25, 0.3) is 0 Å². The van der Waals surface area contributed by atoms with Crippen LogP contribution in [0.4, 0.5) is 0 Å². The van der Waals surface area contributed by atoms with Gasteiger partial charge in [-0.25, -0.2) is 9.36 Å². The van der Waals surface area contributed by atoms with Gasteiger partial charge in [-0.3, -0.25) is 23.4 Å². The molecule has 1 N–H and O–H groups in total. The monoisotopic (exact) mass is 416 g/mol. The summed E-state index contributed by atoms with van der Waals surface area (Å²) in [4.78, 5) is 25.8. The standard InChI is InChI=1S/C19H17N2O7P/c1-3-19(9-8-16(27-19)21-10-13(2)17(22)20-18(21)23)12-26-29(24)25-11-14-6-4-5-7-15(14)28-29/h1,4-10,16H,11-12H2,2H3,(H,20,22,23)/t16-,19+,29-/m1/s1. The second kappa shape index (κ2) is 7.17. The largest absolute Gasteiger partial charge is 0.530 e. The second-order valence-electron chi connectivity index (χ2n) is 6.57. The normalized spacial score (nSPS) is 27.8. The van der Waals surface area contributed by atoms with E-state index in [4.69, 9.17) is 24.7 Å². The summed E-state index contributed by atoms with van der Waals surface area (Å²) in [5.41, 5.74) is -1.44. The number of ether oxygens (including phenoxy) is 1. The SMILES string of the molecule is C#C[C@@]1(CO[P@@]2(=O)OCc3ccccc3O2)C=C[C@H](n2cc(C)c(=O)[nH]c2=O)O1. The number of benzene rings is 1. The molecule has 2 aliphatic heterocycles. The van der Waals surface area contributed by atoms with Crippen molar-refractivity contribution in [2.24, 2.45) is 0 Å². The minimum absolute atomic E-state index is 0.0713. The van der Waals surface area contributed by atoms with E-state index in [1.807, 2.05) is 6.07 Å². The topological polar surface area (TPSA) is 109 Å². The van der Waals surface area contributed by atoms with Gasteiger partial charge in [0.05, 0.1) is 6.61 Å². The van der Waals surface area contributed by atoms with E-state index in [1.54, 1.807) is 31.2 Å². The van der Waals surface area contributed by atoms with E-state index in [9.17, 15) is 14.2 Å². The van der Waals surface area contributed by atoms with Crippen LogP contribution in [-0.4, -0.2) is 21.8 Å². The fourth-order valence-corrected chi connectivity index (χ4v) is 4.15. The van der Waals surface area contributed by atoms with Crippen LogP contribution in [0.3, 0.4) is 0 Å². The van der Waals surface area contributed by atoms with Gasteiger partial charge in [0.2, 0.25) is 0 Å². The number of aryl methyl sites for hydroxylation is 1. The highest BCUT2D eigenvalue weighted by Crippen LogP contribution is 2.55. The van der Waals surface area contributed by atoms with Gasteiger partial charge in [-0.15, -0.1) is 6.42 Å². The number of rotatable bonds is 4. The lowest BCUT2D eigenvalue weighted by molar-refractivity contribution is -0.0511. The van der Waals surface area contributed by atoms with Crippen LogP contribution in [0.1, 0.15) is 17.4 Å². The average Bonchev–Trinajstić information content (AvgIpc) is 3.14. The van der Waals surface area contributed by atoms with Crippen molar-refractivity contribution >= 4 is 7.82 Å². The zero-order valence-corrected chi connectivity index (χ0v) is 16.3. The number of nitrogens with one attached hydrogen (secondary N) is 1. The molecular weight excluding hydrogens is 399 g/mol. The Labute approximate surface area is 165 Å². The third-order valence-corrected chi connectivity index (χ3v) is 5.83. The molecule has 150 valence electrons. The number of hydrogen-bond donors (Lipinski definition) is 1. The van der Waals surface area contributed by atoms with Crippen LogP contribution in [0, 0.1) is 19.3 Å². The highest BCUT2D eigenvalue weighted by molar-refractivity contribution is 7.49. The first-order valence-corrected chi connectivity index (χ1v) is 10.1. The highest BCUT2D eigenvalue weighted by atomic mass is 31.2. The van der Waals surface area contributed by atoms with Crippen molar-refractivity contribution in [2.75, 3.05) is 6.61 Å². The lowest BCUT2D eigenvalue weighted by atomic mass is 10.1. The molecule has 1 aromatic heterocycles. The number of hydrogen-bond acceptors (Lipinski definition) is 7. The first kappa shape index (κ1) is 19.4. The third kappa shape index (κ3) is 3.71. The molecule has 29 heavy (non-hydrogen) atoms. The third-order valence-electron chi connectivity index (χ3n) is 4.52. The fourth-order valence-electron chi connectivity index (χ4n) is 2.91. The van der Waals surface area contributed by atoms with Crippen LogP contribution in [0.5, 0.6) is 5.75 Å². The van der Waals surface area contributed by atoms with Crippen LogP contribution in [0.2, 0.25) is 0 Å². The number of para-hydroxylation sites is 1. The van der Waals surface area contributed by atoms with Crippen LogP contribution in [0.15, 0.2) is 52.2 Å². The maximum absolute atomic E-state index is 12.8. The first-order chi connectivity index (χ1) is 13.8. The average molecular weight is 416 g/mol. The molecule has 1 aromatic carbocycles. The lowest BCUT2D eigenvalue weighted by Crippen LogP contribution is -2.37.